The first-order valence-corrected chi connectivity index (χ1v) is 5.41. The summed E-state index contributed by atoms with van der Waals surface area (Å²) in [5, 5.41) is 0. The van der Waals surface area contributed by atoms with Crippen LogP contribution in [0.15, 0.2) is 0 Å². The first-order chi connectivity index (χ1) is 4.41. The molecule has 0 atom stereocenters. The molecule has 0 bridgehead atoms. The lowest BCUT2D eigenvalue weighted by molar-refractivity contribution is 0.143. The summed E-state index contributed by atoms with van der Waals surface area (Å²) in [6.07, 6.45) is 4.04. The minimum atomic E-state index is 0.876. The highest BCUT2D eigenvalue weighted by atomic mass is 28.1. The van der Waals surface area contributed by atoms with Crippen molar-refractivity contribution < 1.29 is 4.74 Å². The Labute approximate surface area is 61.2 Å². The van der Waals surface area contributed by atoms with Crippen LogP contribution in [-0.2, 0) is 4.74 Å². The highest BCUT2D eigenvalue weighted by molar-refractivity contribution is 6.08. The van der Waals surface area contributed by atoms with Crippen LogP contribution in [0.3, 0.4) is 0 Å². The summed E-state index contributed by atoms with van der Waals surface area (Å²) in [5.41, 5.74) is 0. The predicted octanol–water partition coefficient (Wildman–Crippen LogP) is 0.977. The van der Waals surface area contributed by atoms with Crippen LogP contribution in [0.25, 0.3) is 0 Å². The van der Waals surface area contributed by atoms with E-state index in [1.54, 1.807) is 0 Å². The Morgan fingerprint density at radius 2 is 2.00 bits per heavy atom. The van der Waals surface area contributed by atoms with E-state index in [2.05, 4.69) is 0 Å². The number of rotatable bonds is 6. The summed E-state index contributed by atoms with van der Waals surface area (Å²) in [4.78, 5) is 0. The van der Waals surface area contributed by atoms with Crippen LogP contribution in [0.4, 0.5) is 0 Å². The second-order valence-electron chi connectivity index (χ2n) is 2.26. The third kappa shape index (κ3) is 8.18. The topological polar surface area (TPSA) is 9.23 Å². The van der Waals surface area contributed by atoms with Gasteiger partial charge in [0.25, 0.3) is 0 Å². The minimum Gasteiger partial charge on any atom is -0.382 e. The average molecular weight is 146 g/mol. The average Bonchev–Trinajstić information content (AvgIpc) is 1.89. The second-order valence-corrected chi connectivity index (χ2v) is 3.26. The fourth-order valence-electron chi connectivity index (χ4n) is 0.775. The van der Waals surface area contributed by atoms with Gasteiger partial charge in [-0.3, -0.25) is 0 Å². The number of ether oxygens (including phenoxy) is 1. The van der Waals surface area contributed by atoms with Crippen molar-refractivity contribution in [3.8, 4) is 0 Å². The zero-order chi connectivity index (χ0) is 6.95. The van der Waals surface area contributed by atoms with E-state index < -0.39 is 0 Å². The Hall–Kier alpha value is 0.177. The molecule has 0 aromatic heterocycles. The van der Waals surface area contributed by atoms with E-state index in [0.29, 0.717) is 0 Å². The van der Waals surface area contributed by atoms with Gasteiger partial charge >= 0.3 is 0 Å². The lowest BCUT2D eigenvalue weighted by Gasteiger charge is -1.98. The summed E-state index contributed by atoms with van der Waals surface area (Å²) in [6.45, 7) is 3.89. The molecular weight excluding hydrogens is 128 g/mol. The van der Waals surface area contributed by atoms with Crippen molar-refractivity contribution in [1.82, 2.24) is 0 Å². The summed E-state index contributed by atoms with van der Waals surface area (Å²) in [5.74, 6) is 0. The third-order valence-corrected chi connectivity index (χ3v) is 2.05. The summed E-state index contributed by atoms with van der Waals surface area (Å²) >= 11 is 0. The van der Waals surface area contributed by atoms with Crippen LogP contribution in [0.2, 0.25) is 6.04 Å². The van der Waals surface area contributed by atoms with Crippen LogP contribution in [-0.4, -0.2) is 23.5 Å². The van der Waals surface area contributed by atoms with Gasteiger partial charge in [-0.2, -0.15) is 0 Å². The smallest absolute Gasteiger partial charge is 0.0465 e. The lowest BCUT2D eigenvalue weighted by atomic mass is 10.3. The molecule has 0 aromatic rings. The molecule has 0 aromatic carbocycles. The molecule has 0 saturated carbocycles. The highest BCUT2D eigenvalue weighted by Gasteiger charge is 1.85. The third-order valence-electron chi connectivity index (χ3n) is 1.35. The quantitative estimate of drug-likeness (QED) is 0.401. The van der Waals surface area contributed by atoms with Gasteiger partial charge in [0.2, 0.25) is 0 Å². The van der Waals surface area contributed by atoms with Gasteiger partial charge in [-0.25, -0.2) is 0 Å². The molecule has 0 radical (unpaired) electrons. The monoisotopic (exact) mass is 146 g/mol. The fraction of sp³-hybridized carbons (Fsp3) is 1.00. The van der Waals surface area contributed by atoms with Crippen molar-refractivity contribution in [3.63, 3.8) is 0 Å². The summed E-state index contributed by atoms with van der Waals surface area (Å²) < 4.78 is 5.19. The van der Waals surface area contributed by atoms with E-state index in [-0.39, 0.29) is 0 Å². The summed E-state index contributed by atoms with van der Waals surface area (Å²) in [7, 11) is 1.37. The highest BCUT2D eigenvalue weighted by Crippen LogP contribution is 1.97. The van der Waals surface area contributed by atoms with Gasteiger partial charge in [0.05, 0.1) is 0 Å². The van der Waals surface area contributed by atoms with Crippen LogP contribution < -0.4 is 0 Å². The van der Waals surface area contributed by atoms with Crippen LogP contribution in [0.5, 0.6) is 0 Å². The van der Waals surface area contributed by atoms with E-state index in [1.165, 1.54) is 35.5 Å². The molecular formula is C7H18OSi. The maximum absolute atomic E-state index is 5.19. The van der Waals surface area contributed by atoms with Crippen molar-refractivity contribution in [1.29, 1.82) is 0 Å². The molecule has 0 amide bonds. The van der Waals surface area contributed by atoms with Gasteiger partial charge in [-0.15, -0.1) is 0 Å². The molecule has 0 N–H and O–H groups in total. The maximum atomic E-state index is 5.19. The van der Waals surface area contributed by atoms with Crippen molar-refractivity contribution in [3.05, 3.63) is 0 Å². The van der Waals surface area contributed by atoms with Crippen LogP contribution in [0.1, 0.15) is 26.2 Å². The molecule has 0 aliphatic rings. The van der Waals surface area contributed by atoms with Crippen LogP contribution >= 0.6 is 0 Å². The first-order valence-electron chi connectivity index (χ1n) is 3.99. The predicted molar refractivity (Wildman–Crippen MR) is 45.1 cm³/mol. The van der Waals surface area contributed by atoms with E-state index in [0.717, 1.165) is 13.2 Å². The van der Waals surface area contributed by atoms with E-state index in [4.69, 9.17) is 4.74 Å². The summed E-state index contributed by atoms with van der Waals surface area (Å²) in [6, 6.07) is 1.45. The van der Waals surface area contributed by atoms with Crippen LogP contribution in [0, 0.1) is 0 Å². The van der Waals surface area contributed by atoms with Crippen molar-refractivity contribution >= 4 is 10.2 Å². The van der Waals surface area contributed by atoms with Gasteiger partial charge in [-0.1, -0.05) is 18.9 Å². The minimum absolute atomic E-state index is 0.876. The molecule has 0 aliphatic heterocycles. The Kier molecular flexibility index (Phi) is 8.34. The van der Waals surface area contributed by atoms with E-state index in [1.807, 2.05) is 6.92 Å². The fourth-order valence-corrected chi connectivity index (χ4v) is 1.28. The van der Waals surface area contributed by atoms with Gasteiger partial charge < -0.3 is 4.74 Å². The molecule has 0 fully saturated rings. The van der Waals surface area contributed by atoms with E-state index >= 15 is 0 Å². The standard InChI is InChI=1S/C7H18OSi/c1-2-8-6-4-3-5-7-9/h2-7H2,1,9H3. The first kappa shape index (κ1) is 9.18. The SMILES string of the molecule is CCOCCCCC[SiH3]. The van der Waals surface area contributed by atoms with Crippen molar-refractivity contribution in [2.24, 2.45) is 0 Å². The second kappa shape index (κ2) is 8.18. The largest absolute Gasteiger partial charge is 0.382 e. The zero-order valence-corrected chi connectivity index (χ0v) is 8.65. The number of hydrogen-bond donors (Lipinski definition) is 0. The zero-order valence-electron chi connectivity index (χ0n) is 6.65. The molecule has 0 heterocycles. The van der Waals surface area contributed by atoms with E-state index in [9.17, 15) is 0 Å². The molecule has 1 nitrogen and oxygen atoms in total. The lowest BCUT2D eigenvalue weighted by Crippen LogP contribution is -1.92. The molecule has 56 valence electrons. The number of hydrogen-bond acceptors (Lipinski definition) is 1. The Balaban J connectivity index is 2.60. The van der Waals surface area contributed by atoms with Crippen molar-refractivity contribution in [2.75, 3.05) is 13.2 Å². The van der Waals surface area contributed by atoms with Gasteiger partial charge in [-0.05, 0) is 13.3 Å². The molecule has 0 unspecified atom stereocenters. The van der Waals surface area contributed by atoms with Gasteiger partial charge in [0.1, 0.15) is 0 Å². The molecule has 2 heteroatoms. The Morgan fingerprint density at radius 3 is 2.56 bits per heavy atom. The number of unbranched alkanes of at least 4 members (excludes halogenated alkanes) is 2. The Bertz CT molecular complexity index is 42.2. The molecule has 9 heavy (non-hydrogen) atoms. The van der Waals surface area contributed by atoms with Crippen molar-refractivity contribution in [2.45, 2.75) is 32.2 Å². The molecule has 0 aliphatic carbocycles. The Morgan fingerprint density at radius 1 is 1.22 bits per heavy atom. The maximum Gasteiger partial charge on any atom is 0.0465 e. The van der Waals surface area contributed by atoms with Gasteiger partial charge in [0.15, 0.2) is 0 Å². The van der Waals surface area contributed by atoms with Gasteiger partial charge in [0, 0.05) is 23.5 Å². The molecule has 0 spiro atoms. The molecule has 0 rings (SSSR count). The molecule has 0 saturated heterocycles. The normalized spacial score (nSPS) is 10.3.